The van der Waals surface area contributed by atoms with Gasteiger partial charge in [-0.25, -0.2) is 18.6 Å². The van der Waals surface area contributed by atoms with E-state index < -0.39 is 11.9 Å². The van der Waals surface area contributed by atoms with Crippen molar-refractivity contribution >= 4 is 18.0 Å². The van der Waals surface area contributed by atoms with Gasteiger partial charge in [0, 0.05) is 44.3 Å². The molecule has 10 heteroatoms. The molecule has 226 valence electrons. The number of hydrogen-bond acceptors (Lipinski definition) is 7. The number of carboxylic acid groups (broad SMARTS) is 1. The van der Waals surface area contributed by atoms with Gasteiger partial charge >= 0.3 is 5.97 Å². The van der Waals surface area contributed by atoms with Crippen LogP contribution in [0.3, 0.4) is 0 Å². The fourth-order valence-electron chi connectivity index (χ4n) is 5.71. The third-order valence-electron chi connectivity index (χ3n) is 7.82. The fraction of sp³-hybridized carbons (Fsp3) is 0.364. The number of halogens is 2. The number of nitrogens with one attached hydrogen (secondary N) is 2. The van der Waals surface area contributed by atoms with Gasteiger partial charge in [-0.15, -0.1) is 0 Å². The number of para-hydroxylation sites is 1. The van der Waals surface area contributed by atoms with Crippen LogP contribution in [0.4, 0.5) is 14.6 Å². The van der Waals surface area contributed by atoms with Crippen LogP contribution >= 0.6 is 0 Å². The number of aryl methyl sites for hydroxylation is 1. The number of benzene rings is 2. The van der Waals surface area contributed by atoms with E-state index in [1.807, 2.05) is 31.2 Å². The standard InChI is InChI=1S/C33H36F2N4O4/c1-3-42-31(27(17-36)32(40)41)38-29-9-5-8-28(37-29)26-7-4-6-21(2)30(26)43-20-22-10-11-25-19-39(13-12-24(25)14-22)18-23-15-33(34,35)16-23/h4-11,14,17,23,36H,3,12-13,15-16,18-20H2,1-2H3,(H,37,38)(H,40,41)/b31-27-,36-17?. The summed E-state index contributed by atoms with van der Waals surface area (Å²) in [5, 5.41) is 19.8. The molecule has 0 atom stereocenters. The second kappa shape index (κ2) is 12.9. The lowest BCUT2D eigenvalue weighted by molar-refractivity contribution is -0.132. The van der Waals surface area contributed by atoms with Crippen molar-refractivity contribution in [1.29, 1.82) is 5.41 Å². The van der Waals surface area contributed by atoms with E-state index in [0.29, 0.717) is 23.9 Å². The minimum absolute atomic E-state index is 0.00556. The molecule has 43 heavy (non-hydrogen) atoms. The first-order valence-electron chi connectivity index (χ1n) is 14.4. The number of hydrogen-bond donors (Lipinski definition) is 3. The smallest absolute Gasteiger partial charge is 0.342 e. The van der Waals surface area contributed by atoms with E-state index in [1.54, 1.807) is 19.1 Å². The first-order valence-corrected chi connectivity index (χ1v) is 14.4. The molecule has 0 saturated heterocycles. The monoisotopic (exact) mass is 590 g/mol. The average molecular weight is 591 g/mol. The van der Waals surface area contributed by atoms with Gasteiger partial charge in [-0.3, -0.25) is 4.90 Å². The normalized spacial score (nSPS) is 16.8. The number of fused-ring (bicyclic) bond motifs is 1. The summed E-state index contributed by atoms with van der Waals surface area (Å²) in [6.07, 6.45) is 1.62. The van der Waals surface area contributed by atoms with Gasteiger partial charge in [-0.05, 0) is 66.6 Å². The number of pyridine rings is 1. The quantitative estimate of drug-likeness (QED) is 0.127. The van der Waals surface area contributed by atoms with Crippen molar-refractivity contribution in [1.82, 2.24) is 9.88 Å². The number of aromatic nitrogens is 1. The summed E-state index contributed by atoms with van der Waals surface area (Å²) >= 11 is 0. The van der Waals surface area contributed by atoms with Crippen molar-refractivity contribution in [2.45, 2.75) is 52.2 Å². The van der Waals surface area contributed by atoms with Crippen molar-refractivity contribution in [3.05, 3.63) is 88.3 Å². The number of aliphatic carboxylic acids is 1. The van der Waals surface area contributed by atoms with Crippen LogP contribution < -0.4 is 10.1 Å². The maximum Gasteiger partial charge on any atom is 0.342 e. The number of ether oxygens (including phenoxy) is 2. The van der Waals surface area contributed by atoms with E-state index in [0.717, 1.165) is 49.0 Å². The summed E-state index contributed by atoms with van der Waals surface area (Å²) in [5.74, 6) is -2.67. The number of anilines is 1. The van der Waals surface area contributed by atoms with Gasteiger partial charge in [0.25, 0.3) is 0 Å². The summed E-state index contributed by atoms with van der Waals surface area (Å²) in [7, 11) is 0. The Labute approximate surface area is 249 Å². The maximum atomic E-state index is 13.3. The van der Waals surface area contributed by atoms with Crippen LogP contribution in [-0.4, -0.2) is 52.8 Å². The van der Waals surface area contributed by atoms with Gasteiger partial charge in [-0.1, -0.05) is 36.4 Å². The lowest BCUT2D eigenvalue weighted by atomic mass is 9.80. The first kappa shape index (κ1) is 30.2. The van der Waals surface area contributed by atoms with Crippen LogP contribution in [0, 0.1) is 18.3 Å². The SMILES string of the molecule is CCO/C(Nc1cccc(-c2cccc(C)c2OCc2ccc3c(c2)CCN(CC2CC(F)(F)C2)C3)n1)=C(/C=N)C(=O)O. The van der Waals surface area contributed by atoms with E-state index >= 15 is 0 Å². The molecule has 1 fully saturated rings. The number of carboxylic acids is 1. The van der Waals surface area contributed by atoms with E-state index in [1.165, 1.54) is 11.1 Å². The third kappa shape index (κ3) is 7.19. The van der Waals surface area contributed by atoms with E-state index in [2.05, 4.69) is 33.4 Å². The molecule has 2 aliphatic rings. The summed E-state index contributed by atoms with van der Waals surface area (Å²) in [4.78, 5) is 18.5. The van der Waals surface area contributed by atoms with Crippen LogP contribution in [0.5, 0.6) is 5.75 Å². The highest BCUT2D eigenvalue weighted by Gasteiger charge is 2.45. The predicted octanol–water partition coefficient (Wildman–Crippen LogP) is 6.43. The zero-order valence-corrected chi connectivity index (χ0v) is 24.3. The second-order valence-electron chi connectivity index (χ2n) is 11.1. The molecule has 3 aromatic rings. The molecule has 0 radical (unpaired) electrons. The molecule has 1 aromatic heterocycles. The van der Waals surface area contributed by atoms with Crippen molar-refractivity contribution in [2.75, 3.05) is 25.0 Å². The Bertz CT molecular complexity index is 1530. The Balaban J connectivity index is 1.29. The minimum atomic E-state index is -2.47. The van der Waals surface area contributed by atoms with Crippen LogP contribution in [0.25, 0.3) is 11.3 Å². The molecule has 5 rings (SSSR count). The lowest BCUT2D eigenvalue weighted by Crippen LogP contribution is -2.43. The van der Waals surface area contributed by atoms with Gasteiger partial charge in [0.05, 0.1) is 12.3 Å². The van der Waals surface area contributed by atoms with Gasteiger partial charge in [-0.2, -0.15) is 0 Å². The molecule has 8 nitrogen and oxygen atoms in total. The lowest BCUT2D eigenvalue weighted by Gasteiger charge is -2.39. The van der Waals surface area contributed by atoms with Gasteiger partial charge in [0.2, 0.25) is 11.8 Å². The van der Waals surface area contributed by atoms with Crippen molar-refractivity contribution in [2.24, 2.45) is 5.92 Å². The molecular formula is C33H36F2N4O4. The summed E-state index contributed by atoms with van der Waals surface area (Å²) in [5.41, 5.74) is 5.59. The Morgan fingerprint density at radius 1 is 1.19 bits per heavy atom. The molecule has 0 unspecified atom stereocenters. The summed E-state index contributed by atoms with van der Waals surface area (Å²) < 4.78 is 38.3. The zero-order valence-electron chi connectivity index (χ0n) is 24.3. The number of rotatable bonds is 12. The van der Waals surface area contributed by atoms with Gasteiger partial charge in [0.15, 0.2) is 0 Å². The molecule has 2 heterocycles. The summed E-state index contributed by atoms with van der Waals surface area (Å²) in [6, 6.07) is 17.5. The highest BCUT2D eigenvalue weighted by atomic mass is 19.3. The third-order valence-corrected chi connectivity index (χ3v) is 7.82. The molecule has 0 spiro atoms. The van der Waals surface area contributed by atoms with Gasteiger partial charge < -0.3 is 25.3 Å². The number of carbonyl (C=O) groups is 1. The Morgan fingerprint density at radius 2 is 1.98 bits per heavy atom. The van der Waals surface area contributed by atoms with E-state index in [9.17, 15) is 18.7 Å². The second-order valence-corrected chi connectivity index (χ2v) is 11.1. The minimum Gasteiger partial charge on any atom is -0.488 e. The Kier molecular flexibility index (Phi) is 9.05. The molecule has 2 aromatic carbocycles. The molecule has 1 saturated carbocycles. The van der Waals surface area contributed by atoms with Crippen molar-refractivity contribution in [3.8, 4) is 17.0 Å². The van der Waals surface area contributed by atoms with Crippen molar-refractivity contribution < 1.29 is 28.2 Å². The topological polar surface area (TPSA) is 108 Å². The highest BCUT2D eigenvalue weighted by Crippen LogP contribution is 2.43. The maximum absolute atomic E-state index is 13.3. The largest absolute Gasteiger partial charge is 0.488 e. The highest BCUT2D eigenvalue weighted by molar-refractivity contribution is 6.08. The number of nitrogens with zero attached hydrogens (tertiary/aromatic N) is 2. The van der Waals surface area contributed by atoms with Gasteiger partial charge in [0.1, 0.15) is 23.7 Å². The van der Waals surface area contributed by atoms with Crippen LogP contribution in [-0.2, 0) is 29.1 Å². The molecular weight excluding hydrogens is 554 g/mol. The average Bonchev–Trinajstić information content (AvgIpc) is 2.96. The zero-order chi connectivity index (χ0) is 30.6. The molecule has 1 aliphatic carbocycles. The van der Waals surface area contributed by atoms with Crippen LogP contribution in [0.1, 0.15) is 42.0 Å². The van der Waals surface area contributed by atoms with E-state index in [4.69, 9.17) is 14.9 Å². The van der Waals surface area contributed by atoms with E-state index in [-0.39, 0.29) is 36.8 Å². The Morgan fingerprint density at radius 3 is 2.70 bits per heavy atom. The first-order chi connectivity index (χ1) is 20.7. The molecule has 0 bridgehead atoms. The van der Waals surface area contributed by atoms with Crippen LogP contribution in [0.15, 0.2) is 66.1 Å². The molecule has 0 amide bonds. The Hall–Kier alpha value is -4.31. The number of alkyl halides is 2. The van der Waals surface area contributed by atoms with Crippen LogP contribution in [0.2, 0.25) is 0 Å². The van der Waals surface area contributed by atoms with Crippen molar-refractivity contribution in [3.63, 3.8) is 0 Å². The fourth-order valence-corrected chi connectivity index (χ4v) is 5.71. The summed E-state index contributed by atoms with van der Waals surface area (Å²) in [6.45, 7) is 6.65. The predicted molar refractivity (Wildman–Crippen MR) is 161 cm³/mol. The molecule has 3 N–H and O–H groups in total. The molecule has 1 aliphatic heterocycles.